The average Bonchev–Trinajstić information content (AvgIpc) is 2.59. The summed E-state index contributed by atoms with van der Waals surface area (Å²) in [5.74, 6) is -5.37. The first-order chi connectivity index (χ1) is 12.2. The van der Waals surface area contributed by atoms with Gasteiger partial charge in [-0.2, -0.15) is 0 Å². The van der Waals surface area contributed by atoms with Crippen molar-refractivity contribution in [1.29, 1.82) is 0 Å². The second-order valence-corrected chi connectivity index (χ2v) is 5.16. The van der Waals surface area contributed by atoms with Gasteiger partial charge in [0.15, 0.2) is 0 Å². The molecule has 4 N–H and O–H groups in total. The molecule has 2 aromatic carbocycles. The summed E-state index contributed by atoms with van der Waals surface area (Å²) in [5, 5.41) is 36.2. The number of carboxylic acids is 4. The quantitative estimate of drug-likeness (QED) is 0.577. The molecular weight excluding hydrogens is 344 g/mol. The third kappa shape index (κ3) is 3.93. The third-order valence-electron chi connectivity index (χ3n) is 3.49. The fraction of sp³-hybridized carbons (Fsp3) is 0. The number of benzene rings is 2. The van der Waals surface area contributed by atoms with Gasteiger partial charge in [-0.15, -0.1) is 0 Å². The molecule has 8 nitrogen and oxygen atoms in total. The van der Waals surface area contributed by atoms with E-state index in [1.807, 2.05) is 0 Å². The van der Waals surface area contributed by atoms with Crippen LogP contribution in [0, 0.1) is 0 Å². The highest BCUT2D eigenvalue weighted by Gasteiger charge is 2.16. The van der Waals surface area contributed by atoms with E-state index in [4.69, 9.17) is 15.3 Å². The third-order valence-corrected chi connectivity index (χ3v) is 3.49. The zero-order chi connectivity index (χ0) is 19.4. The molecular formula is C18H12O8. The molecule has 0 amide bonds. The van der Waals surface area contributed by atoms with Crippen LogP contribution in [-0.4, -0.2) is 44.3 Å². The number of hydrogen-bond acceptors (Lipinski definition) is 4. The standard InChI is InChI=1S/C18H12O8/c19-15(20)11-5-4-10(13(8-11)17(23)24)3-1-9-2-6-12(16(21)22)14(7-9)18(25)26/h1-8H,(H,19,20)(H,21,22)(H,23,24)(H,25,26). The summed E-state index contributed by atoms with van der Waals surface area (Å²) in [6.45, 7) is 0. The summed E-state index contributed by atoms with van der Waals surface area (Å²) in [6, 6.07) is 7.22. The highest BCUT2D eigenvalue weighted by atomic mass is 16.4. The Morgan fingerprint density at radius 1 is 0.615 bits per heavy atom. The Hall–Kier alpha value is -3.94. The fourth-order valence-corrected chi connectivity index (χ4v) is 2.23. The average molecular weight is 356 g/mol. The van der Waals surface area contributed by atoms with Gasteiger partial charge in [0.1, 0.15) is 0 Å². The Labute approximate surface area is 146 Å². The van der Waals surface area contributed by atoms with Gasteiger partial charge in [0, 0.05) is 0 Å². The van der Waals surface area contributed by atoms with Crippen LogP contribution in [0.5, 0.6) is 0 Å². The Morgan fingerprint density at radius 3 is 1.77 bits per heavy atom. The summed E-state index contributed by atoms with van der Waals surface area (Å²) in [6.07, 6.45) is 2.77. The van der Waals surface area contributed by atoms with E-state index in [-0.39, 0.29) is 22.3 Å². The zero-order valence-corrected chi connectivity index (χ0v) is 13.0. The molecule has 0 fully saturated rings. The van der Waals surface area contributed by atoms with Gasteiger partial charge in [0.2, 0.25) is 0 Å². The van der Waals surface area contributed by atoms with Crippen molar-refractivity contribution in [3.63, 3.8) is 0 Å². The van der Waals surface area contributed by atoms with Crippen molar-refractivity contribution in [3.05, 3.63) is 69.8 Å². The minimum absolute atomic E-state index is 0.182. The normalized spacial score (nSPS) is 10.6. The van der Waals surface area contributed by atoms with Gasteiger partial charge < -0.3 is 20.4 Å². The van der Waals surface area contributed by atoms with E-state index in [0.29, 0.717) is 5.56 Å². The van der Waals surface area contributed by atoms with Crippen molar-refractivity contribution >= 4 is 36.0 Å². The molecule has 0 aliphatic heterocycles. The fourth-order valence-electron chi connectivity index (χ4n) is 2.23. The smallest absolute Gasteiger partial charge is 0.336 e. The van der Waals surface area contributed by atoms with Crippen LogP contribution in [-0.2, 0) is 0 Å². The first-order valence-corrected chi connectivity index (χ1v) is 7.10. The van der Waals surface area contributed by atoms with Crippen molar-refractivity contribution in [2.75, 3.05) is 0 Å². The molecule has 0 aliphatic carbocycles. The molecule has 8 heteroatoms. The maximum Gasteiger partial charge on any atom is 0.336 e. The van der Waals surface area contributed by atoms with Crippen LogP contribution in [0.25, 0.3) is 12.2 Å². The number of rotatable bonds is 6. The molecule has 0 spiro atoms. The van der Waals surface area contributed by atoms with E-state index < -0.39 is 29.4 Å². The van der Waals surface area contributed by atoms with Crippen LogP contribution >= 0.6 is 0 Å². The van der Waals surface area contributed by atoms with E-state index in [0.717, 1.165) is 18.2 Å². The lowest BCUT2D eigenvalue weighted by atomic mass is 10.0. The van der Waals surface area contributed by atoms with Crippen molar-refractivity contribution in [2.45, 2.75) is 0 Å². The molecule has 0 bridgehead atoms. The highest BCUT2D eigenvalue weighted by molar-refractivity contribution is 6.02. The van der Waals surface area contributed by atoms with Crippen LogP contribution < -0.4 is 0 Å². The number of carbonyl (C=O) groups is 4. The van der Waals surface area contributed by atoms with Gasteiger partial charge >= 0.3 is 23.9 Å². The lowest BCUT2D eigenvalue weighted by Gasteiger charge is -2.05. The largest absolute Gasteiger partial charge is 0.478 e. The van der Waals surface area contributed by atoms with Crippen molar-refractivity contribution < 1.29 is 39.6 Å². The van der Waals surface area contributed by atoms with Crippen LogP contribution in [0.15, 0.2) is 36.4 Å². The van der Waals surface area contributed by atoms with Gasteiger partial charge in [0.25, 0.3) is 0 Å². The topological polar surface area (TPSA) is 149 Å². The minimum Gasteiger partial charge on any atom is -0.478 e. The summed E-state index contributed by atoms with van der Waals surface area (Å²) in [5.41, 5.74) is -0.640. The summed E-state index contributed by atoms with van der Waals surface area (Å²) < 4.78 is 0. The Kier molecular flexibility index (Phi) is 5.17. The number of aromatic carboxylic acids is 4. The monoisotopic (exact) mass is 356 g/mol. The lowest BCUT2D eigenvalue weighted by Crippen LogP contribution is -2.08. The minimum atomic E-state index is -1.41. The van der Waals surface area contributed by atoms with Gasteiger partial charge in [-0.3, -0.25) is 0 Å². The van der Waals surface area contributed by atoms with Crippen LogP contribution in [0.3, 0.4) is 0 Å². The molecule has 132 valence electrons. The Morgan fingerprint density at radius 2 is 1.23 bits per heavy atom. The molecule has 0 saturated carbocycles. The van der Waals surface area contributed by atoms with E-state index in [1.165, 1.54) is 30.4 Å². The molecule has 26 heavy (non-hydrogen) atoms. The SMILES string of the molecule is O=C(O)c1ccc(C=Cc2ccc(C(=O)O)c(C(=O)O)c2)c(C(=O)O)c1. The second kappa shape index (κ2) is 7.31. The first kappa shape index (κ1) is 18.4. The maximum absolute atomic E-state index is 11.3. The highest BCUT2D eigenvalue weighted by Crippen LogP contribution is 2.18. The Balaban J connectivity index is 2.45. The Bertz CT molecular complexity index is 956. The molecule has 0 aliphatic rings. The zero-order valence-electron chi connectivity index (χ0n) is 13.0. The summed E-state index contributed by atoms with van der Waals surface area (Å²) in [7, 11) is 0. The van der Waals surface area contributed by atoms with Crippen LogP contribution in [0.2, 0.25) is 0 Å². The van der Waals surface area contributed by atoms with Crippen LogP contribution in [0.4, 0.5) is 0 Å². The molecule has 2 rings (SSSR count). The maximum atomic E-state index is 11.3. The molecule has 0 radical (unpaired) electrons. The predicted molar refractivity (Wildman–Crippen MR) is 89.6 cm³/mol. The van der Waals surface area contributed by atoms with E-state index in [1.54, 1.807) is 0 Å². The number of carboxylic acid groups (broad SMARTS) is 4. The van der Waals surface area contributed by atoms with Crippen molar-refractivity contribution in [3.8, 4) is 0 Å². The molecule has 0 atom stereocenters. The summed E-state index contributed by atoms with van der Waals surface area (Å²) >= 11 is 0. The van der Waals surface area contributed by atoms with E-state index >= 15 is 0 Å². The first-order valence-electron chi connectivity index (χ1n) is 7.10. The van der Waals surface area contributed by atoms with Gasteiger partial charge in [0.05, 0.1) is 22.3 Å². The lowest BCUT2D eigenvalue weighted by molar-refractivity contribution is 0.0651. The molecule has 0 aromatic heterocycles. The summed E-state index contributed by atoms with van der Waals surface area (Å²) in [4.78, 5) is 44.4. The molecule has 0 heterocycles. The van der Waals surface area contributed by atoms with E-state index in [9.17, 15) is 24.3 Å². The van der Waals surface area contributed by atoms with Gasteiger partial charge in [-0.1, -0.05) is 24.3 Å². The molecule has 2 aromatic rings. The van der Waals surface area contributed by atoms with Crippen molar-refractivity contribution in [2.24, 2.45) is 0 Å². The van der Waals surface area contributed by atoms with Gasteiger partial charge in [-0.05, 0) is 35.4 Å². The molecule has 0 unspecified atom stereocenters. The molecule has 0 saturated heterocycles. The van der Waals surface area contributed by atoms with Gasteiger partial charge in [-0.25, -0.2) is 19.2 Å². The van der Waals surface area contributed by atoms with Crippen molar-refractivity contribution in [1.82, 2.24) is 0 Å². The second-order valence-electron chi connectivity index (χ2n) is 5.16. The van der Waals surface area contributed by atoms with Crippen LogP contribution in [0.1, 0.15) is 52.6 Å². The van der Waals surface area contributed by atoms with E-state index in [2.05, 4.69) is 0 Å². The predicted octanol–water partition coefficient (Wildman–Crippen LogP) is 2.65. The number of hydrogen-bond donors (Lipinski definition) is 4.